The number of fused-ring (bicyclic) bond motifs is 2. The number of hydrogen-bond donors (Lipinski definition) is 0. The zero-order valence-electron chi connectivity index (χ0n) is 16.6. The molecule has 27 heavy (non-hydrogen) atoms. The number of unbranched alkanes of at least 4 members (excludes halogenated alkanes) is 6. The van der Waals surface area contributed by atoms with E-state index in [0.717, 1.165) is 35.5 Å². The minimum absolute atomic E-state index is 0. The zero-order chi connectivity index (χ0) is 18.2. The summed E-state index contributed by atoms with van der Waals surface area (Å²) in [6.07, 6.45) is 9.18. The van der Waals surface area contributed by atoms with Crippen molar-refractivity contribution < 1.29 is 14.3 Å². The van der Waals surface area contributed by atoms with Crippen LogP contribution in [0.3, 0.4) is 0 Å². The van der Waals surface area contributed by atoms with Crippen molar-refractivity contribution in [2.24, 2.45) is 0 Å². The van der Waals surface area contributed by atoms with Gasteiger partial charge in [0.1, 0.15) is 11.5 Å². The molecular weight excluding hydrogens is 363 g/mol. The summed E-state index contributed by atoms with van der Waals surface area (Å²) in [4.78, 5) is 12.5. The first-order valence-corrected chi connectivity index (χ1v) is 9.84. The second kappa shape index (κ2) is 12.0. The number of benzene rings is 2. The van der Waals surface area contributed by atoms with E-state index in [1.807, 2.05) is 42.5 Å². The van der Waals surface area contributed by atoms with Crippen LogP contribution in [0.4, 0.5) is 0 Å². The van der Waals surface area contributed by atoms with Crippen LogP contribution in [0.15, 0.2) is 42.5 Å². The average Bonchev–Trinajstić information content (AvgIpc) is 2.67. The van der Waals surface area contributed by atoms with Crippen LogP contribution in [0.5, 0.6) is 11.5 Å². The van der Waals surface area contributed by atoms with E-state index in [0.29, 0.717) is 18.6 Å². The number of ether oxygens (including phenoxy) is 2. The molecule has 0 fully saturated rings. The predicted molar refractivity (Wildman–Crippen MR) is 110 cm³/mol. The molecule has 1 aliphatic rings. The molecule has 3 nitrogen and oxygen atoms in total. The summed E-state index contributed by atoms with van der Waals surface area (Å²) in [6, 6.07) is 13.6. The van der Waals surface area contributed by atoms with Crippen LogP contribution in [-0.4, -0.2) is 64.0 Å². The van der Waals surface area contributed by atoms with Crippen LogP contribution >= 0.6 is 0 Å². The summed E-state index contributed by atoms with van der Waals surface area (Å²) in [6.45, 7) is 2.72. The fourth-order valence-electron chi connectivity index (χ4n) is 3.39. The number of esters is 1. The second-order valence-electron chi connectivity index (χ2n) is 6.93. The SMILES string of the molecule is CCCCCCCCCOC(=O)c1cccc2c1Cc1ccccc1O2.[K]. The molecule has 0 bridgehead atoms. The summed E-state index contributed by atoms with van der Waals surface area (Å²) in [5.74, 6) is 1.39. The van der Waals surface area contributed by atoms with Gasteiger partial charge in [-0.05, 0) is 30.2 Å². The van der Waals surface area contributed by atoms with Crippen LogP contribution in [-0.2, 0) is 11.2 Å². The molecular formula is C23H28KO3. The predicted octanol–water partition coefficient (Wildman–Crippen LogP) is 5.91. The Morgan fingerprint density at radius 2 is 1.63 bits per heavy atom. The van der Waals surface area contributed by atoms with Gasteiger partial charge >= 0.3 is 5.97 Å². The topological polar surface area (TPSA) is 35.5 Å². The van der Waals surface area contributed by atoms with Gasteiger partial charge in [0.05, 0.1) is 12.2 Å². The number of carbonyl (C=O) groups excluding carboxylic acids is 1. The summed E-state index contributed by atoms with van der Waals surface area (Å²) >= 11 is 0. The van der Waals surface area contributed by atoms with Crippen molar-refractivity contribution in [1.82, 2.24) is 0 Å². The monoisotopic (exact) mass is 391 g/mol. The smallest absolute Gasteiger partial charge is 0.338 e. The fraction of sp³-hybridized carbons (Fsp3) is 0.435. The molecule has 2 aromatic carbocycles. The summed E-state index contributed by atoms with van der Waals surface area (Å²) in [7, 11) is 0. The molecule has 1 aliphatic heterocycles. The molecule has 0 aromatic heterocycles. The third-order valence-corrected chi connectivity index (χ3v) is 4.89. The average molecular weight is 392 g/mol. The van der Waals surface area contributed by atoms with Gasteiger partial charge in [-0.15, -0.1) is 0 Å². The molecule has 4 heteroatoms. The Bertz CT molecular complexity index is 742. The number of rotatable bonds is 9. The van der Waals surface area contributed by atoms with Gasteiger partial charge in [-0.2, -0.15) is 0 Å². The maximum atomic E-state index is 12.5. The molecule has 0 atom stereocenters. The third kappa shape index (κ3) is 6.43. The maximum absolute atomic E-state index is 12.5. The first-order chi connectivity index (χ1) is 12.8. The van der Waals surface area contributed by atoms with E-state index in [1.54, 1.807) is 0 Å². The molecule has 2 aromatic rings. The van der Waals surface area contributed by atoms with Gasteiger partial charge in [-0.25, -0.2) is 4.79 Å². The molecule has 0 N–H and O–H groups in total. The first kappa shape index (κ1) is 22.6. The van der Waals surface area contributed by atoms with Gasteiger partial charge in [-0.1, -0.05) is 69.7 Å². The summed E-state index contributed by atoms with van der Waals surface area (Å²) < 4.78 is 11.5. The Labute approximate surface area is 205 Å². The van der Waals surface area contributed by atoms with Crippen LogP contribution < -0.4 is 4.74 Å². The standard InChI is InChI=1S/C23H28O3.K/c1-2-3-4-5-6-7-10-16-25-23(24)19-13-11-15-22-20(19)17-18-12-8-9-14-21(18)26-22;/h8-9,11-15H,2-7,10,16-17H2,1H3;. The molecule has 139 valence electrons. The van der Waals surface area contributed by atoms with Crippen LogP contribution in [0.1, 0.15) is 73.4 Å². The third-order valence-electron chi connectivity index (χ3n) is 4.89. The Hall–Kier alpha value is -0.654. The van der Waals surface area contributed by atoms with Crippen molar-refractivity contribution in [1.29, 1.82) is 0 Å². The van der Waals surface area contributed by atoms with Crippen molar-refractivity contribution in [2.45, 2.75) is 58.3 Å². The first-order valence-electron chi connectivity index (χ1n) is 9.84. The van der Waals surface area contributed by atoms with Gasteiger partial charge in [0, 0.05) is 63.4 Å². The Kier molecular flexibility index (Phi) is 10.1. The number of hydrogen-bond acceptors (Lipinski definition) is 3. The molecule has 1 heterocycles. The van der Waals surface area contributed by atoms with Gasteiger partial charge in [0.2, 0.25) is 0 Å². The molecule has 3 rings (SSSR count). The summed E-state index contributed by atoms with van der Waals surface area (Å²) in [5, 5.41) is 0. The number of carbonyl (C=O) groups is 1. The minimum atomic E-state index is -0.240. The quantitative estimate of drug-likeness (QED) is 0.258. The van der Waals surface area contributed by atoms with E-state index < -0.39 is 0 Å². The van der Waals surface area contributed by atoms with Crippen molar-refractivity contribution in [3.05, 3.63) is 59.2 Å². The van der Waals surface area contributed by atoms with Crippen molar-refractivity contribution in [3.8, 4) is 11.5 Å². The minimum Gasteiger partial charge on any atom is -0.462 e. The fourth-order valence-corrected chi connectivity index (χ4v) is 3.39. The van der Waals surface area contributed by atoms with Gasteiger partial charge in [0.25, 0.3) is 0 Å². The second-order valence-corrected chi connectivity index (χ2v) is 6.93. The van der Waals surface area contributed by atoms with Crippen molar-refractivity contribution in [2.75, 3.05) is 6.61 Å². The van der Waals surface area contributed by atoms with Crippen LogP contribution in [0, 0.1) is 0 Å². The molecule has 0 spiro atoms. The summed E-state index contributed by atoms with van der Waals surface area (Å²) in [5.41, 5.74) is 2.66. The van der Waals surface area contributed by atoms with E-state index >= 15 is 0 Å². The maximum Gasteiger partial charge on any atom is 0.338 e. The molecule has 0 saturated heterocycles. The largest absolute Gasteiger partial charge is 0.462 e. The Morgan fingerprint density at radius 1 is 0.926 bits per heavy atom. The van der Waals surface area contributed by atoms with Gasteiger partial charge < -0.3 is 9.47 Å². The van der Waals surface area contributed by atoms with E-state index in [4.69, 9.17) is 9.47 Å². The Balaban J connectivity index is 0.00000261. The zero-order valence-corrected chi connectivity index (χ0v) is 19.8. The van der Waals surface area contributed by atoms with E-state index in [2.05, 4.69) is 6.92 Å². The van der Waals surface area contributed by atoms with E-state index in [9.17, 15) is 4.79 Å². The van der Waals surface area contributed by atoms with Crippen LogP contribution in [0.25, 0.3) is 0 Å². The Morgan fingerprint density at radius 3 is 2.44 bits per heavy atom. The van der Waals surface area contributed by atoms with Crippen LogP contribution in [0.2, 0.25) is 0 Å². The molecule has 0 saturated carbocycles. The molecule has 0 unspecified atom stereocenters. The molecule has 0 aliphatic carbocycles. The normalized spacial score (nSPS) is 11.6. The number of para-hydroxylation sites is 1. The van der Waals surface area contributed by atoms with E-state index in [-0.39, 0.29) is 57.4 Å². The molecule has 1 radical (unpaired) electrons. The van der Waals surface area contributed by atoms with Gasteiger partial charge in [-0.3, -0.25) is 0 Å². The van der Waals surface area contributed by atoms with Crippen molar-refractivity contribution in [3.63, 3.8) is 0 Å². The van der Waals surface area contributed by atoms with Gasteiger partial charge in [0.15, 0.2) is 0 Å². The van der Waals surface area contributed by atoms with Crippen molar-refractivity contribution >= 4 is 57.4 Å². The van der Waals surface area contributed by atoms with E-state index in [1.165, 1.54) is 32.1 Å². The molecule has 0 amide bonds.